The van der Waals surface area contributed by atoms with E-state index in [9.17, 15) is 4.39 Å². The molecule has 2 aromatic rings. The van der Waals surface area contributed by atoms with E-state index in [0.29, 0.717) is 0 Å². The minimum absolute atomic E-state index is 0.136. The number of halogens is 2. The van der Waals surface area contributed by atoms with Crippen LogP contribution in [0.3, 0.4) is 0 Å². The third-order valence-electron chi connectivity index (χ3n) is 4.39. The fourth-order valence-electron chi connectivity index (χ4n) is 3.29. The van der Waals surface area contributed by atoms with Crippen LogP contribution in [0.4, 0.5) is 4.39 Å². The summed E-state index contributed by atoms with van der Waals surface area (Å²) >= 11 is 3.64. The van der Waals surface area contributed by atoms with Crippen LogP contribution in [-0.2, 0) is 10.3 Å². The van der Waals surface area contributed by atoms with Gasteiger partial charge < -0.3 is 9.64 Å². The van der Waals surface area contributed by atoms with Crippen LogP contribution in [0.15, 0.2) is 48.5 Å². The van der Waals surface area contributed by atoms with E-state index in [1.165, 1.54) is 17.7 Å². The van der Waals surface area contributed by atoms with Crippen LogP contribution in [0.25, 0.3) is 0 Å². The number of benzene rings is 2. The second kappa shape index (κ2) is 6.71. The third kappa shape index (κ3) is 3.21. The molecule has 0 aliphatic carbocycles. The Morgan fingerprint density at radius 1 is 1.13 bits per heavy atom. The van der Waals surface area contributed by atoms with Gasteiger partial charge in [-0.25, -0.2) is 4.39 Å². The van der Waals surface area contributed by atoms with Crippen molar-refractivity contribution in [2.24, 2.45) is 0 Å². The van der Waals surface area contributed by atoms with Gasteiger partial charge in [0.15, 0.2) is 0 Å². The van der Waals surface area contributed by atoms with Crippen LogP contribution in [0.5, 0.6) is 0 Å². The molecule has 0 bridgehead atoms. The first-order valence-corrected chi connectivity index (χ1v) is 8.76. The molecular weight excluding hydrogens is 357 g/mol. The Morgan fingerprint density at radius 2 is 1.83 bits per heavy atom. The molecule has 1 aliphatic rings. The molecule has 4 heteroatoms. The molecule has 0 fully saturated rings. The summed E-state index contributed by atoms with van der Waals surface area (Å²) in [7, 11) is 4.14. The van der Waals surface area contributed by atoms with Crippen molar-refractivity contribution in [2.75, 3.05) is 20.6 Å². The maximum absolute atomic E-state index is 13.4. The summed E-state index contributed by atoms with van der Waals surface area (Å²) in [6.45, 7) is 0.988. The van der Waals surface area contributed by atoms with Gasteiger partial charge in [-0.05, 0) is 62.3 Å². The molecule has 1 aliphatic heterocycles. The number of hydrogen-bond donors (Lipinski definition) is 0. The highest BCUT2D eigenvalue weighted by molar-refractivity contribution is 9.09. The predicted octanol–water partition coefficient (Wildman–Crippen LogP) is 4.83. The van der Waals surface area contributed by atoms with Gasteiger partial charge in [-0.3, -0.25) is 0 Å². The Kier molecular flexibility index (Phi) is 4.85. The normalized spacial score (nSPS) is 23.3. The van der Waals surface area contributed by atoms with Gasteiger partial charge in [0.1, 0.15) is 16.4 Å². The van der Waals surface area contributed by atoms with Crippen LogP contribution in [0, 0.1) is 5.82 Å². The quantitative estimate of drug-likeness (QED) is 0.691. The van der Waals surface area contributed by atoms with Crippen molar-refractivity contribution < 1.29 is 9.13 Å². The van der Waals surface area contributed by atoms with E-state index in [4.69, 9.17) is 4.74 Å². The van der Waals surface area contributed by atoms with Gasteiger partial charge in [0.25, 0.3) is 0 Å². The van der Waals surface area contributed by atoms with Crippen LogP contribution in [-0.4, -0.2) is 25.5 Å². The van der Waals surface area contributed by atoms with E-state index in [0.717, 1.165) is 30.5 Å². The molecule has 1 unspecified atom stereocenters. The lowest BCUT2D eigenvalue weighted by molar-refractivity contribution is -0.0157. The molecule has 1 heterocycles. The van der Waals surface area contributed by atoms with Gasteiger partial charge in [0.05, 0.1) is 0 Å². The lowest BCUT2D eigenvalue weighted by Crippen LogP contribution is -2.28. The fourth-order valence-corrected chi connectivity index (χ4v) is 4.01. The van der Waals surface area contributed by atoms with E-state index >= 15 is 0 Å². The minimum Gasteiger partial charge on any atom is -0.346 e. The second-order valence-corrected chi connectivity index (χ2v) is 7.09. The van der Waals surface area contributed by atoms with E-state index in [1.54, 1.807) is 0 Å². The summed E-state index contributed by atoms with van der Waals surface area (Å²) in [5.41, 5.74) is 2.81. The number of ether oxygens (including phenoxy) is 1. The molecule has 0 saturated carbocycles. The summed E-state index contributed by atoms with van der Waals surface area (Å²) in [5, 5.41) is -0.136. The molecule has 0 aromatic heterocycles. The lowest BCUT2D eigenvalue weighted by Gasteiger charge is -2.31. The van der Waals surface area contributed by atoms with Crippen molar-refractivity contribution in [3.05, 3.63) is 71.0 Å². The maximum atomic E-state index is 13.4. The van der Waals surface area contributed by atoms with Crippen molar-refractivity contribution in [2.45, 2.75) is 23.5 Å². The molecule has 2 aromatic carbocycles. The second-order valence-electron chi connectivity index (χ2n) is 6.26. The Labute approximate surface area is 145 Å². The smallest absolute Gasteiger partial charge is 0.139 e. The summed E-state index contributed by atoms with van der Waals surface area (Å²) in [4.78, 5) is 2.17. The Hall–Kier alpha value is -1.23. The lowest BCUT2D eigenvalue weighted by atomic mass is 9.82. The van der Waals surface area contributed by atoms with Gasteiger partial charge in [-0.1, -0.05) is 52.3 Å². The maximum Gasteiger partial charge on any atom is 0.139 e. The number of alkyl halides is 1. The van der Waals surface area contributed by atoms with Gasteiger partial charge in [-0.15, -0.1) is 0 Å². The van der Waals surface area contributed by atoms with E-state index in [2.05, 4.69) is 47.1 Å². The highest BCUT2D eigenvalue weighted by Crippen LogP contribution is 2.52. The Bertz CT molecular complexity index is 673. The van der Waals surface area contributed by atoms with Gasteiger partial charge >= 0.3 is 0 Å². The first-order chi connectivity index (χ1) is 11.0. The molecule has 0 spiro atoms. The van der Waals surface area contributed by atoms with Crippen LogP contribution >= 0.6 is 15.9 Å². The van der Waals surface area contributed by atoms with Crippen molar-refractivity contribution in [1.29, 1.82) is 0 Å². The molecule has 23 heavy (non-hydrogen) atoms. The third-order valence-corrected chi connectivity index (χ3v) is 5.07. The standard InChI is InChI=1S/C19H21BrFNO/c1-22(2)13-5-12-19(14-8-10-15(21)11-9-14)17-7-4-3-6-16(17)18(20)23-19/h3-4,6-11,18H,5,12-13H2,1-2H3/t18-,19?/m1/s1. The van der Waals surface area contributed by atoms with Crippen molar-refractivity contribution in [1.82, 2.24) is 4.90 Å². The Morgan fingerprint density at radius 3 is 2.52 bits per heavy atom. The summed E-state index contributed by atoms with van der Waals surface area (Å²) < 4.78 is 19.8. The highest BCUT2D eigenvalue weighted by Gasteiger charge is 2.44. The molecule has 3 rings (SSSR count). The van der Waals surface area contributed by atoms with Gasteiger partial charge in [0.2, 0.25) is 0 Å². The van der Waals surface area contributed by atoms with Gasteiger partial charge in [0, 0.05) is 0 Å². The minimum atomic E-state index is -0.519. The summed E-state index contributed by atoms with van der Waals surface area (Å²) in [6, 6.07) is 15.0. The molecule has 0 N–H and O–H groups in total. The number of nitrogens with zero attached hydrogens (tertiary/aromatic N) is 1. The largest absolute Gasteiger partial charge is 0.346 e. The molecule has 0 radical (unpaired) electrons. The zero-order chi connectivity index (χ0) is 16.4. The highest BCUT2D eigenvalue weighted by atomic mass is 79.9. The molecular formula is C19H21BrFNO. The monoisotopic (exact) mass is 377 g/mol. The van der Waals surface area contributed by atoms with E-state index in [1.807, 2.05) is 24.3 Å². The topological polar surface area (TPSA) is 12.5 Å². The van der Waals surface area contributed by atoms with Crippen LogP contribution in [0.1, 0.15) is 34.5 Å². The zero-order valence-corrected chi connectivity index (χ0v) is 15.0. The average molecular weight is 378 g/mol. The first-order valence-electron chi connectivity index (χ1n) is 7.85. The van der Waals surface area contributed by atoms with E-state index < -0.39 is 5.60 Å². The van der Waals surface area contributed by atoms with Gasteiger partial charge in [-0.2, -0.15) is 0 Å². The number of fused-ring (bicyclic) bond motifs is 1. The first kappa shape index (κ1) is 16.6. The summed E-state index contributed by atoms with van der Waals surface area (Å²) in [6.07, 6.45) is 1.86. The van der Waals surface area contributed by atoms with Crippen LogP contribution in [0.2, 0.25) is 0 Å². The summed E-state index contributed by atoms with van der Waals surface area (Å²) in [5.74, 6) is -0.223. The average Bonchev–Trinajstić information content (AvgIpc) is 2.82. The van der Waals surface area contributed by atoms with Crippen molar-refractivity contribution in [3.63, 3.8) is 0 Å². The SMILES string of the molecule is CN(C)CCCC1(c2ccc(F)cc2)O[C@@H](Br)c2ccccc21. The van der Waals surface area contributed by atoms with E-state index in [-0.39, 0.29) is 10.8 Å². The van der Waals surface area contributed by atoms with Crippen molar-refractivity contribution >= 4 is 15.9 Å². The predicted molar refractivity (Wildman–Crippen MR) is 94.2 cm³/mol. The fraction of sp³-hybridized carbons (Fsp3) is 0.368. The zero-order valence-electron chi connectivity index (χ0n) is 13.4. The van der Waals surface area contributed by atoms with Crippen molar-refractivity contribution in [3.8, 4) is 0 Å². The number of hydrogen-bond acceptors (Lipinski definition) is 2. The molecule has 0 amide bonds. The molecule has 2 nitrogen and oxygen atoms in total. The molecule has 0 saturated heterocycles. The van der Waals surface area contributed by atoms with Crippen LogP contribution < -0.4 is 0 Å². The molecule has 122 valence electrons. The molecule has 2 atom stereocenters. The Balaban J connectivity index is 2.03. The number of rotatable bonds is 5.